The van der Waals surface area contributed by atoms with Gasteiger partial charge in [-0.3, -0.25) is 0 Å². The van der Waals surface area contributed by atoms with Crippen LogP contribution in [0.4, 0.5) is 0 Å². The molecule has 0 aliphatic heterocycles. The first-order chi connectivity index (χ1) is 21.0. The number of benzene rings is 4. The Bertz CT molecular complexity index is 1630. The van der Waals surface area contributed by atoms with E-state index in [9.17, 15) is 0 Å². The Hall–Kier alpha value is -2.10. The Balaban J connectivity index is 0.000000258. The third-order valence-electron chi connectivity index (χ3n) is 8.43. The summed E-state index contributed by atoms with van der Waals surface area (Å²) in [6.07, 6.45) is 1.03. The van der Waals surface area contributed by atoms with Crippen molar-refractivity contribution >= 4 is 15.9 Å². The minimum absolute atomic E-state index is 0. The third kappa shape index (κ3) is 11.2. The zero-order valence-corrected chi connectivity index (χ0v) is 36.0. The van der Waals surface area contributed by atoms with Crippen molar-refractivity contribution in [3.63, 3.8) is 0 Å². The quantitative estimate of drug-likeness (QED) is 0.183. The van der Waals surface area contributed by atoms with E-state index in [0.717, 1.165) is 6.42 Å². The summed E-state index contributed by atoms with van der Waals surface area (Å²) in [5.74, 6) is 0. The molecule has 0 unspecified atom stereocenters. The van der Waals surface area contributed by atoms with Crippen LogP contribution >= 0.6 is 0 Å². The third-order valence-corrected chi connectivity index (χ3v) is 16.5. The van der Waals surface area contributed by atoms with E-state index in [4.69, 9.17) is 0 Å². The summed E-state index contributed by atoms with van der Waals surface area (Å²) in [6, 6.07) is 43.5. The summed E-state index contributed by atoms with van der Waals surface area (Å²) in [7, 11) is 0. The molecule has 0 amide bonds. The van der Waals surface area contributed by atoms with Gasteiger partial charge in [-0.15, -0.1) is 5.56 Å². The van der Waals surface area contributed by atoms with Crippen molar-refractivity contribution in [2.45, 2.75) is 91.9 Å². The summed E-state index contributed by atoms with van der Waals surface area (Å²) in [5, 5.41) is 3.07. The molecule has 6 rings (SSSR count). The Morgan fingerprint density at radius 3 is 1.53 bits per heavy atom. The van der Waals surface area contributed by atoms with Crippen molar-refractivity contribution in [3.8, 4) is 11.1 Å². The van der Waals surface area contributed by atoms with Gasteiger partial charge >= 0.3 is 99.5 Å². The summed E-state index contributed by atoms with van der Waals surface area (Å²) in [6.45, 7) is 22.5. The fourth-order valence-corrected chi connectivity index (χ4v) is 10.4. The molecule has 0 aromatic heterocycles. The molecule has 0 radical (unpaired) electrons. The molecule has 1 aliphatic carbocycles. The van der Waals surface area contributed by atoms with Crippen molar-refractivity contribution in [2.24, 2.45) is 0 Å². The molecule has 0 fully saturated rings. The van der Waals surface area contributed by atoms with Gasteiger partial charge in [0.1, 0.15) is 0 Å². The van der Waals surface area contributed by atoms with Crippen LogP contribution < -0.4 is 35.2 Å². The molecule has 5 aromatic rings. The van der Waals surface area contributed by atoms with Gasteiger partial charge < -0.3 is 24.8 Å². The topological polar surface area (TPSA) is 0 Å². The van der Waals surface area contributed by atoms with E-state index in [0.29, 0.717) is 5.41 Å². The van der Waals surface area contributed by atoms with Gasteiger partial charge in [0, 0.05) is 0 Å². The van der Waals surface area contributed by atoms with Gasteiger partial charge in [0.05, 0.1) is 0 Å². The molecule has 47 heavy (non-hydrogen) atoms. The van der Waals surface area contributed by atoms with E-state index >= 15 is 0 Å². The fraction of sp³-hybridized carbons (Fsp3) is 0.326. The zero-order valence-electron chi connectivity index (χ0n) is 29.9. The minimum atomic E-state index is -0.406. The summed E-state index contributed by atoms with van der Waals surface area (Å²) >= 11 is 1.27. The monoisotopic (exact) mass is 844 g/mol. The predicted octanol–water partition coefficient (Wildman–Crippen LogP) is 4.01. The van der Waals surface area contributed by atoms with Crippen LogP contribution in [0.2, 0.25) is 0 Å². The molecule has 0 saturated carbocycles. The Morgan fingerprint density at radius 2 is 1.11 bits per heavy atom. The first kappa shape index (κ1) is 41.1. The second kappa shape index (κ2) is 17.0. The number of halogens is 2. The normalized spacial score (nSPS) is 11.7. The van der Waals surface area contributed by atoms with Gasteiger partial charge in [-0.1, -0.05) is 109 Å². The molecule has 0 saturated heterocycles. The number of fused-ring (bicyclic) bond motifs is 3. The van der Waals surface area contributed by atoms with Crippen molar-refractivity contribution in [1.29, 1.82) is 0 Å². The second-order valence-electron chi connectivity index (χ2n) is 15.4. The van der Waals surface area contributed by atoms with E-state index in [1.807, 2.05) is 0 Å². The van der Waals surface area contributed by atoms with Crippen LogP contribution in [-0.2, 0) is 45.7 Å². The first-order valence-corrected chi connectivity index (χ1v) is 23.0. The summed E-state index contributed by atoms with van der Waals surface area (Å²) in [5.41, 5.74) is 11.5. The molecule has 0 bridgehead atoms. The molecule has 0 N–H and O–H groups in total. The molecule has 0 spiro atoms. The van der Waals surface area contributed by atoms with Crippen LogP contribution in [0.25, 0.3) is 11.1 Å². The Kier molecular flexibility index (Phi) is 14.9. The van der Waals surface area contributed by atoms with Crippen LogP contribution in [-0.4, -0.2) is 5.49 Å². The van der Waals surface area contributed by atoms with E-state index in [1.165, 1.54) is 77.9 Å². The van der Waals surface area contributed by atoms with Crippen molar-refractivity contribution < 1.29 is 47.8 Å². The number of hydrogen-bond donors (Lipinski definition) is 0. The standard InChI is InChI=1S/C21H25.C12H10Si.C10H15.2ClH.Hf/c1-20(2,3)16-9-7-14-11-15-8-10-17(21(4,5)6)13-19(15)18(14)12-16;1-3-7-11(8-4-1)13-12-9-5-2-6-10-12;1-8-5-6-9(7-8)10(2,3)4;;;/h7,9-10,12-13H,11H2,1-6H3;1-10H;5-7H,1-4H3;2*1H;/q-1;;-1;;;+2/p-2. The van der Waals surface area contributed by atoms with Crippen LogP contribution in [0.5, 0.6) is 0 Å². The number of aryl methyl sites for hydroxylation is 1. The predicted molar refractivity (Wildman–Crippen MR) is 194 cm³/mol. The van der Waals surface area contributed by atoms with Gasteiger partial charge in [-0.05, 0) is 17.4 Å². The van der Waals surface area contributed by atoms with Crippen molar-refractivity contribution in [3.05, 3.63) is 149 Å². The summed E-state index contributed by atoms with van der Waals surface area (Å²) in [4.78, 5) is 0. The molecule has 4 heteroatoms. The molecule has 1 aliphatic rings. The van der Waals surface area contributed by atoms with Gasteiger partial charge in [0.15, 0.2) is 0 Å². The molecule has 0 nitrogen and oxygen atoms in total. The Morgan fingerprint density at radius 1 is 0.617 bits per heavy atom. The van der Waals surface area contributed by atoms with E-state index < -0.39 is 5.49 Å². The van der Waals surface area contributed by atoms with Crippen LogP contribution in [0.3, 0.4) is 0 Å². The average Bonchev–Trinajstić information content (AvgIpc) is 3.60. The molecule has 0 atom stereocenters. The van der Waals surface area contributed by atoms with E-state index in [2.05, 4.69) is 184 Å². The van der Waals surface area contributed by atoms with Crippen LogP contribution in [0.1, 0.15) is 95.7 Å². The maximum atomic E-state index is 3.53. The molecule has 5 aromatic carbocycles. The fourth-order valence-electron chi connectivity index (χ4n) is 5.39. The Labute approximate surface area is 313 Å². The second-order valence-corrected chi connectivity index (χ2v) is 22.7. The molecular weight excluding hydrogens is 794 g/mol. The molecular formula is C43H50Cl2HfSi-2. The number of rotatable bonds is 2. The van der Waals surface area contributed by atoms with Crippen molar-refractivity contribution in [2.75, 3.05) is 0 Å². The summed E-state index contributed by atoms with van der Waals surface area (Å²) < 4.78 is 0. The zero-order chi connectivity index (χ0) is 33.0. The molecule has 0 heterocycles. The number of hydrogen-bond acceptors (Lipinski definition) is 0. The van der Waals surface area contributed by atoms with Gasteiger partial charge in [-0.2, -0.15) is 52.6 Å². The van der Waals surface area contributed by atoms with Gasteiger partial charge in [-0.25, -0.2) is 6.07 Å². The first-order valence-electron chi connectivity index (χ1n) is 16.2. The maximum absolute atomic E-state index is 3.53. The van der Waals surface area contributed by atoms with E-state index in [-0.39, 0.29) is 35.6 Å². The van der Waals surface area contributed by atoms with Crippen LogP contribution in [0, 0.1) is 13.0 Å². The van der Waals surface area contributed by atoms with Crippen LogP contribution in [0.15, 0.2) is 109 Å². The SMILES string of the molecule is CC(C)(C)c1c[c-]c2c(c1)-c1cc(C(C)(C)C)ccc1C2.Cc1cc(C(C)(C)C)c[cH-]1.[Cl-].[Cl-].[Hf+2]=[Si](c1ccccc1)c1ccccc1. The van der Waals surface area contributed by atoms with Gasteiger partial charge in [0.25, 0.3) is 0 Å². The molecule has 246 valence electrons. The van der Waals surface area contributed by atoms with Gasteiger partial charge in [0.2, 0.25) is 0 Å². The van der Waals surface area contributed by atoms with E-state index in [1.54, 1.807) is 0 Å². The van der Waals surface area contributed by atoms with Crippen molar-refractivity contribution in [1.82, 2.24) is 0 Å². The average molecular weight is 844 g/mol.